The number of hydrogen-bond donors (Lipinski definition) is 8. The number of unbranched alkanes of at least 4 members (excludes halogenated alkanes) is 3. The Morgan fingerprint density at radius 2 is 1.63 bits per heavy atom. The third-order valence-corrected chi connectivity index (χ3v) is 11.4. The molecule has 23 nitrogen and oxygen atoms in total. The quantitative estimate of drug-likeness (QED) is 0.0347. The molecule has 364 valence electrons. The molecule has 3 aliphatic heterocycles. The van der Waals surface area contributed by atoms with E-state index in [4.69, 9.17) is 34.5 Å². The summed E-state index contributed by atoms with van der Waals surface area (Å²) in [6.07, 6.45) is -5.94. The number of ether oxygens (including phenoxy) is 5. The first-order valence-electron chi connectivity index (χ1n) is 21.6. The van der Waals surface area contributed by atoms with E-state index in [9.17, 15) is 59.1 Å². The molecule has 0 bridgehead atoms. The molecule has 9 N–H and O–H groups in total. The maximum atomic E-state index is 14.5. The molecule has 6 unspecified atom stereocenters. The number of nitrogens with one attached hydrogen (secondary N) is 1. The fourth-order valence-electron chi connectivity index (χ4n) is 8.04. The van der Waals surface area contributed by atoms with Gasteiger partial charge in [-0.3, -0.25) is 38.4 Å². The van der Waals surface area contributed by atoms with Gasteiger partial charge in [0.1, 0.15) is 61.0 Å². The Balaban J connectivity index is 1.62. The topological polar surface area (TPSA) is 340 Å². The van der Waals surface area contributed by atoms with Crippen molar-refractivity contribution in [2.45, 2.75) is 151 Å². The van der Waals surface area contributed by atoms with Crippen molar-refractivity contribution >= 4 is 29.8 Å². The number of allylic oxidation sites excluding steroid dienone is 3. The number of nitrogens with zero attached hydrogens (tertiary/aromatic N) is 3. The number of aliphatic carboxylic acids is 2. The van der Waals surface area contributed by atoms with E-state index in [1.165, 1.54) is 11.9 Å². The molecule has 0 radical (unpaired) electrons. The van der Waals surface area contributed by atoms with E-state index in [0.717, 1.165) is 54.5 Å². The van der Waals surface area contributed by atoms with Crippen LogP contribution in [0.2, 0.25) is 0 Å². The summed E-state index contributed by atoms with van der Waals surface area (Å²) in [7, 11) is 2.44. The minimum Gasteiger partial charge on any atom is -0.481 e. The number of rotatable bonds is 23. The molecule has 0 aliphatic carbocycles. The van der Waals surface area contributed by atoms with E-state index in [-0.39, 0.29) is 25.8 Å². The number of carboxylic acid groups (broad SMARTS) is 2. The molecule has 0 spiro atoms. The molecule has 14 atom stereocenters. The maximum absolute atomic E-state index is 14.5. The Hall–Kier alpha value is -4.85. The van der Waals surface area contributed by atoms with Crippen molar-refractivity contribution in [1.29, 1.82) is 0 Å². The van der Waals surface area contributed by atoms with E-state index < -0.39 is 139 Å². The van der Waals surface area contributed by atoms with Crippen LogP contribution < -0.4 is 17.0 Å². The van der Waals surface area contributed by atoms with Crippen LogP contribution in [0.4, 0.5) is 0 Å². The van der Waals surface area contributed by atoms with E-state index in [1.54, 1.807) is 13.0 Å². The second kappa shape index (κ2) is 24.6. The lowest BCUT2D eigenvalue weighted by Gasteiger charge is -2.38. The Morgan fingerprint density at radius 1 is 0.923 bits per heavy atom. The molecule has 1 amide bonds. The molecule has 3 saturated heterocycles. The number of nitrogens with two attached hydrogens (primary N) is 1. The monoisotopic (exact) mass is 925 g/mol. The Bertz CT molecular complexity index is 1960. The molecular weight excluding hydrogens is 862 g/mol. The molecule has 0 aromatic carbocycles. The summed E-state index contributed by atoms with van der Waals surface area (Å²) in [6, 6.07) is -2.60. The summed E-state index contributed by atoms with van der Waals surface area (Å²) < 4.78 is 29.8. The summed E-state index contributed by atoms with van der Waals surface area (Å²) in [5.41, 5.74) is 3.89. The highest BCUT2D eigenvalue weighted by Crippen LogP contribution is 2.36. The van der Waals surface area contributed by atoms with Gasteiger partial charge >= 0.3 is 29.6 Å². The number of aromatic amines is 1. The number of amides is 1. The first-order valence-corrected chi connectivity index (χ1v) is 21.6. The van der Waals surface area contributed by atoms with E-state index in [1.807, 2.05) is 17.1 Å². The highest BCUT2D eigenvalue weighted by Gasteiger charge is 2.57. The lowest BCUT2D eigenvalue weighted by molar-refractivity contribution is -0.233. The van der Waals surface area contributed by atoms with Crippen LogP contribution in [0, 0.1) is 5.92 Å². The van der Waals surface area contributed by atoms with Gasteiger partial charge in [0.25, 0.3) is 5.56 Å². The highest BCUT2D eigenvalue weighted by atomic mass is 16.7. The normalized spacial score (nSPS) is 30.1. The van der Waals surface area contributed by atoms with Crippen molar-refractivity contribution in [3.63, 3.8) is 0 Å². The van der Waals surface area contributed by atoms with Crippen LogP contribution in [-0.4, -0.2) is 180 Å². The van der Waals surface area contributed by atoms with Gasteiger partial charge in [0.2, 0.25) is 5.91 Å². The number of aliphatic hydroxyl groups excluding tert-OH is 4. The van der Waals surface area contributed by atoms with Crippen molar-refractivity contribution in [3.8, 4) is 0 Å². The van der Waals surface area contributed by atoms with Crippen LogP contribution in [0.3, 0.4) is 0 Å². The zero-order valence-corrected chi connectivity index (χ0v) is 36.8. The Kier molecular flexibility index (Phi) is 20.0. The Morgan fingerprint density at radius 3 is 2.26 bits per heavy atom. The standard InChI is InChI=1S/C42H63N5O18/c1-5-6-7-8-9-10-11-12-13-14-23(61-28(51)18-22(2)17-27(49)50)19-29(52)62-25-21-45(3)31(38(57)46(4)30(25)40(58)59)36(65-41-35(56)32(53)24(20-43)63-41)37-33(54)34(55)39(64-37)47-16-15-26(48)44-42(47)60/h9-10,12-13,15-16,22-25,30-37,39,41,53-56H,5-8,11,14,17-21,43H2,1-4H3,(H,49,50)(H,58,59)(H,44,48,60)/b10-9+,13-12+/t22?,23?,24-,25?,30?,31?,32-,33+,34-,35-,36-,37?,39-,41+/m1/s1. The zero-order chi connectivity index (χ0) is 48.1. The molecule has 1 aromatic heterocycles. The number of hydrogen-bond acceptors (Lipinski definition) is 18. The van der Waals surface area contributed by atoms with Crippen molar-refractivity contribution < 1.29 is 78.3 Å². The largest absolute Gasteiger partial charge is 0.481 e. The summed E-state index contributed by atoms with van der Waals surface area (Å²) in [5.74, 6) is -6.08. The van der Waals surface area contributed by atoms with Gasteiger partial charge in [-0.25, -0.2) is 9.59 Å². The molecule has 65 heavy (non-hydrogen) atoms. The maximum Gasteiger partial charge on any atom is 0.330 e. The molecule has 1 aromatic rings. The second-order valence-corrected chi connectivity index (χ2v) is 16.6. The number of carbonyl (C=O) groups excluding carboxylic acids is 3. The van der Waals surface area contributed by atoms with Gasteiger partial charge in [0.05, 0.1) is 6.42 Å². The fraction of sp³-hybridized carbons (Fsp3) is 0.690. The van der Waals surface area contributed by atoms with Crippen LogP contribution in [0.15, 0.2) is 46.2 Å². The number of likely N-dealkylation sites (N-methyl/N-ethyl adjacent to an activating group) is 2. The summed E-state index contributed by atoms with van der Waals surface area (Å²) >= 11 is 0. The predicted molar refractivity (Wildman–Crippen MR) is 225 cm³/mol. The molecule has 3 aliphatic rings. The third kappa shape index (κ3) is 14.1. The van der Waals surface area contributed by atoms with Crippen LogP contribution in [-0.2, 0) is 47.7 Å². The highest BCUT2D eigenvalue weighted by molar-refractivity contribution is 5.88. The lowest BCUT2D eigenvalue weighted by Crippen LogP contribution is -2.59. The third-order valence-electron chi connectivity index (χ3n) is 11.4. The van der Waals surface area contributed by atoms with Gasteiger partial charge in [-0.1, -0.05) is 51.0 Å². The van der Waals surface area contributed by atoms with Crippen molar-refractivity contribution in [2.75, 3.05) is 27.2 Å². The van der Waals surface area contributed by atoms with E-state index in [2.05, 4.69) is 13.0 Å². The van der Waals surface area contributed by atoms with Crippen LogP contribution >= 0.6 is 0 Å². The van der Waals surface area contributed by atoms with Gasteiger partial charge in [0.15, 0.2) is 18.6 Å². The van der Waals surface area contributed by atoms with Gasteiger partial charge in [-0.2, -0.15) is 0 Å². The molecule has 4 heterocycles. The van der Waals surface area contributed by atoms with Crippen molar-refractivity contribution in [3.05, 3.63) is 57.4 Å². The molecular formula is C42H63N5O18. The SMILES string of the molecule is CCCCC/C=C/C/C=C/CC(CC(=O)OC1CN(C)C([C@@H](O[C@@H]2O[C@H](CN)[C@@H](O)[C@H]2O)C2O[C@@H](n3ccc(=O)[nH]c3=O)[C@H](O)[C@@H]2O)C(=O)N(C)C1C(=O)O)OC(=O)CC(C)CC(=O)O. The predicted octanol–water partition coefficient (Wildman–Crippen LogP) is -1.64. The van der Waals surface area contributed by atoms with Crippen LogP contribution in [0.25, 0.3) is 0 Å². The van der Waals surface area contributed by atoms with Crippen LogP contribution in [0.1, 0.15) is 77.9 Å². The molecule has 3 fully saturated rings. The number of carboxylic acids is 2. The Labute approximate surface area is 374 Å². The zero-order valence-electron chi connectivity index (χ0n) is 36.8. The van der Waals surface area contributed by atoms with E-state index in [0.29, 0.717) is 6.42 Å². The number of H-pyrrole nitrogens is 1. The van der Waals surface area contributed by atoms with Gasteiger partial charge < -0.3 is 65.0 Å². The lowest BCUT2D eigenvalue weighted by atomic mass is 9.97. The fourth-order valence-corrected chi connectivity index (χ4v) is 8.04. The van der Waals surface area contributed by atoms with Gasteiger partial charge in [0, 0.05) is 51.7 Å². The van der Waals surface area contributed by atoms with Gasteiger partial charge in [-0.15, -0.1) is 0 Å². The molecule has 23 heteroatoms. The summed E-state index contributed by atoms with van der Waals surface area (Å²) in [6.45, 7) is 2.87. The number of carbonyl (C=O) groups is 5. The van der Waals surface area contributed by atoms with Crippen molar-refractivity contribution in [1.82, 2.24) is 19.4 Å². The van der Waals surface area contributed by atoms with Crippen LogP contribution in [0.5, 0.6) is 0 Å². The number of aliphatic hydroxyl groups is 4. The first-order chi connectivity index (χ1) is 30.8. The minimum absolute atomic E-state index is 0.0424. The van der Waals surface area contributed by atoms with E-state index >= 15 is 0 Å². The second-order valence-electron chi connectivity index (χ2n) is 16.6. The number of esters is 2. The van der Waals surface area contributed by atoms with Crippen molar-refractivity contribution in [2.24, 2.45) is 11.7 Å². The first kappa shape index (κ1) is 52.8. The number of aromatic nitrogens is 2. The summed E-state index contributed by atoms with van der Waals surface area (Å²) in [4.78, 5) is 93.7. The smallest absolute Gasteiger partial charge is 0.330 e. The minimum atomic E-state index is -1.96. The summed E-state index contributed by atoms with van der Waals surface area (Å²) in [5, 5.41) is 63.7. The average Bonchev–Trinajstić information content (AvgIpc) is 3.64. The molecule has 4 rings (SSSR count). The van der Waals surface area contributed by atoms with Gasteiger partial charge in [-0.05, 0) is 32.2 Å². The molecule has 0 saturated carbocycles. The average molecular weight is 926 g/mol.